The highest BCUT2D eigenvalue weighted by Crippen LogP contribution is 2.77. The smallest absolute Gasteiger partial charge is 0.314 e. The van der Waals surface area contributed by atoms with Crippen molar-refractivity contribution in [1.29, 1.82) is 0 Å². The number of carbonyl (C=O) groups is 1. The van der Waals surface area contributed by atoms with Crippen molar-refractivity contribution in [2.45, 2.75) is 111 Å². The van der Waals surface area contributed by atoms with Crippen LogP contribution < -0.4 is 0 Å². The maximum absolute atomic E-state index is 13.9. The van der Waals surface area contributed by atoms with E-state index in [1.54, 1.807) is 0 Å². The highest BCUT2D eigenvalue weighted by molar-refractivity contribution is 5.83. The highest BCUT2D eigenvalue weighted by Gasteiger charge is 2.79. The first-order valence-corrected chi connectivity index (χ1v) is 13.7. The molecule has 5 aliphatic rings. The second kappa shape index (κ2) is 7.22. The van der Waals surface area contributed by atoms with Crippen LogP contribution in [0.25, 0.3) is 0 Å². The zero-order valence-electron chi connectivity index (χ0n) is 22.4. The van der Waals surface area contributed by atoms with E-state index in [9.17, 15) is 15.0 Å². The largest absolute Gasteiger partial charge is 0.453 e. The lowest BCUT2D eigenvalue weighted by atomic mass is 9.38. The van der Waals surface area contributed by atoms with E-state index in [1.807, 2.05) is 19.9 Å². The minimum Gasteiger partial charge on any atom is -0.453 e. The van der Waals surface area contributed by atoms with E-state index in [0.29, 0.717) is 11.8 Å². The van der Waals surface area contributed by atoms with E-state index in [1.165, 1.54) is 6.42 Å². The number of hydrogen-bond donors (Lipinski definition) is 2. The molecule has 4 fully saturated rings. The molecule has 3 saturated carbocycles. The lowest BCUT2D eigenvalue weighted by molar-refractivity contribution is -0.173. The van der Waals surface area contributed by atoms with Crippen molar-refractivity contribution in [2.24, 2.45) is 45.3 Å². The summed E-state index contributed by atoms with van der Waals surface area (Å²) in [4.78, 5) is 13.9. The minimum absolute atomic E-state index is 0.00237. The monoisotopic (exact) mass is 470 g/mol. The lowest BCUT2D eigenvalue weighted by Gasteiger charge is -2.63. The fraction of sp³-hybridized carbons (Fsp3) is 0.833. The number of allylic oxidation sites excluding steroid dienone is 2. The summed E-state index contributed by atoms with van der Waals surface area (Å²) in [6.07, 6.45) is 15.1. The quantitative estimate of drug-likeness (QED) is 0.401. The number of aliphatic hydroxyl groups is 2. The Labute approximate surface area is 206 Å². The summed E-state index contributed by atoms with van der Waals surface area (Å²) in [7, 11) is 0. The SMILES string of the molecule is C[C@H](CC=CC(C)(C)O)[C@H]1CC[C@@]2(C)[C@@H]3C=C[C@@]45OC(=O)[C@]3(CC[C@]12C)[C@@H]4CC[C@H](O)C5(C)C. The zero-order valence-corrected chi connectivity index (χ0v) is 22.4. The molecule has 0 aromatic heterocycles. The zero-order chi connectivity index (χ0) is 24.9. The van der Waals surface area contributed by atoms with Crippen molar-refractivity contribution in [1.82, 2.24) is 0 Å². The summed E-state index contributed by atoms with van der Waals surface area (Å²) in [5.41, 5.74) is -2.14. The van der Waals surface area contributed by atoms with Gasteiger partial charge < -0.3 is 14.9 Å². The predicted molar refractivity (Wildman–Crippen MR) is 134 cm³/mol. The van der Waals surface area contributed by atoms with Gasteiger partial charge in [-0.1, -0.05) is 52.8 Å². The molecule has 1 aliphatic heterocycles. The third-order valence-corrected chi connectivity index (χ3v) is 12.0. The van der Waals surface area contributed by atoms with Gasteiger partial charge in [0.25, 0.3) is 0 Å². The molecule has 1 saturated heterocycles. The van der Waals surface area contributed by atoms with Crippen molar-refractivity contribution < 1.29 is 19.7 Å². The number of ether oxygens (including phenoxy) is 1. The van der Waals surface area contributed by atoms with Crippen molar-refractivity contribution >= 4 is 5.97 Å². The van der Waals surface area contributed by atoms with Crippen LogP contribution in [0.3, 0.4) is 0 Å². The molecule has 190 valence electrons. The Balaban J connectivity index is 1.50. The van der Waals surface area contributed by atoms with Gasteiger partial charge in [-0.25, -0.2) is 0 Å². The number of aliphatic hydroxyl groups excluding tert-OH is 1. The summed E-state index contributed by atoms with van der Waals surface area (Å²) >= 11 is 0. The van der Waals surface area contributed by atoms with Crippen molar-refractivity contribution in [2.75, 3.05) is 0 Å². The maximum atomic E-state index is 13.9. The Bertz CT molecular complexity index is 927. The van der Waals surface area contributed by atoms with Crippen LogP contribution >= 0.6 is 0 Å². The summed E-state index contributed by atoms with van der Waals surface area (Å²) < 4.78 is 6.39. The Morgan fingerprint density at radius 1 is 1.12 bits per heavy atom. The third kappa shape index (κ3) is 2.82. The van der Waals surface area contributed by atoms with Gasteiger partial charge in [-0.05, 0) is 93.5 Å². The van der Waals surface area contributed by atoms with Gasteiger partial charge in [0.05, 0.1) is 17.1 Å². The molecule has 9 atom stereocenters. The van der Waals surface area contributed by atoms with E-state index < -0.39 is 28.1 Å². The van der Waals surface area contributed by atoms with Crippen LogP contribution in [0.5, 0.6) is 0 Å². The van der Waals surface area contributed by atoms with Gasteiger partial charge in [-0.2, -0.15) is 0 Å². The number of rotatable bonds is 4. The number of hydrogen-bond acceptors (Lipinski definition) is 4. The average molecular weight is 471 g/mol. The number of carbonyl (C=O) groups excluding carboxylic acids is 1. The molecule has 0 radical (unpaired) electrons. The van der Waals surface area contributed by atoms with Crippen molar-refractivity contribution in [3.8, 4) is 0 Å². The highest BCUT2D eigenvalue weighted by atomic mass is 16.6. The molecule has 2 N–H and O–H groups in total. The van der Waals surface area contributed by atoms with Crippen LogP contribution in [0.15, 0.2) is 24.3 Å². The Kier molecular flexibility index (Phi) is 5.21. The van der Waals surface area contributed by atoms with Gasteiger partial charge in [0, 0.05) is 11.3 Å². The topological polar surface area (TPSA) is 66.8 Å². The van der Waals surface area contributed by atoms with Gasteiger partial charge >= 0.3 is 5.97 Å². The van der Waals surface area contributed by atoms with E-state index in [0.717, 1.165) is 38.5 Å². The summed E-state index contributed by atoms with van der Waals surface area (Å²) in [5, 5.41) is 21.0. The summed E-state index contributed by atoms with van der Waals surface area (Å²) in [6, 6.07) is 0. The van der Waals surface area contributed by atoms with Crippen molar-refractivity contribution in [3.63, 3.8) is 0 Å². The summed E-state index contributed by atoms with van der Waals surface area (Å²) in [5.74, 6) is 1.49. The molecule has 34 heavy (non-hydrogen) atoms. The van der Waals surface area contributed by atoms with Crippen LogP contribution in [-0.4, -0.2) is 33.5 Å². The van der Waals surface area contributed by atoms with E-state index in [4.69, 9.17) is 4.74 Å². The molecule has 4 heteroatoms. The van der Waals surface area contributed by atoms with E-state index in [2.05, 4.69) is 52.8 Å². The first kappa shape index (κ1) is 24.6. The number of fused-ring (bicyclic) bond motifs is 2. The normalized spacial score (nSPS) is 50.0. The first-order valence-electron chi connectivity index (χ1n) is 13.7. The number of esters is 1. The second-order valence-electron chi connectivity index (χ2n) is 14.2. The van der Waals surface area contributed by atoms with Gasteiger partial charge in [-0.3, -0.25) is 4.79 Å². The molecule has 4 nitrogen and oxygen atoms in total. The van der Waals surface area contributed by atoms with Crippen LogP contribution in [0.2, 0.25) is 0 Å². The molecule has 1 heterocycles. The fourth-order valence-electron chi connectivity index (χ4n) is 9.75. The van der Waals surface area contributed by atoms with Gasteiger partial charge in [0.1, 0.15) is 5.60 Å². The molecular weight excluding hydrogens is 424 g/mol. The van der Waals surface area contributed by atoms with Crippen molar-refractivity contribution in [3.05, 3.63) is 24.3 Å². The van der Waals surface area contributed by atoms with Crippen LogP contribution in [0.4, 0.5) is 0 Å². The maximum Gasteiger partial charge on any atom is 0.314 e. The lowest BCUT2D eigenvalue weighted by Crippen LogP contribution is -2.64. The first-order chi connectivity index (χ1) is 15.7. The van der Waals surface area contributed by atoms with Crippen LogP contribution in [0, 0.1) is 45.3 Å². The predicted octanol–water partition coefficient (Wildman–Crippen LogP) is 5.82. The standard InChI is InChI=1S/C30H46O4/c1-19(9-8-14-25(2,3)33)20-12-15-28(7)21-13-16-30-22(10-11-23(31)26(30,4)5)29(21,24(32)34-30)18-17-27(20,28)6/h8,13-14,16,19-23,31,33H,9-12,15,17-18H2,1-7H3/t19-,20-,21+,22+,23+,27-,28+,29+,30-/m1/s1. The molecule has 0 unspecified atom stereocenters. The van der Waals surface area contributed by atoms with E-state index in [-0.39, 0.29) is 28.6 Å². The molecule has 2 bridgehead atoms. The third-order valence-electron chi connectivity index (χ3n) is 12.0. The Hall–Kier alpha value is -1.13. The molecule has 0 amide bonds. The molecule has 4 aliphatic carbocycles. The van der Waals surface area contributed by atoms with Crippen LogP contribution in [0.1, 0.15) is 93.4 Å². The van der Waals surface area contributed by atoms with Gasteiger partial charge in [-0.15, -0.1) is 0 Å². The molecule has 0 aromatic rings. The minimum atomic E-state index is -0.769. The molecule has 0 aromatic carbocycles. The Morgan fingerprint density at radius 2 is 1.82 bits per heavy atom. The van der Waals surface area contributed by atoms with Crippen LogP contribution in [-0.2, 0) is 9.53 Å². The average Bonchev–Trinajstić information content (AvgIpc) is 3.09. The molecular formula is C30H46O4. The molecule has 1 spiro atoms. The van der Waals surface area contributed by atoms with Gasteiger partial charge in [0.15, 0.2) is 0 Å². The Morgan fingerprint density at radius 3 is 2.50 bits per heavy atom. The fourth-order valence-corrected chi connectivity index (χ4v) is 9.75. The van der Waals surface area contributed by atoms with E-state index >= 15 is 0 Å². The van der Waals surface area contributed by atoms with Gasteiger partial charge in [0.2, 0.25) is 0 Å². The molecule has 5 rings (SSSR count). The second-order valence-corrected chi connectivity index (χ2v) is 14.2. The summed E-state index contributed by atoms with van der Waals surface area (Å²) in [6.45, 7) is 15.2.